The molecule has 1 heterocycles. The second-order valence-corrected chi connectivity index (χ2v) is 5.86. The van der Waals surface area contributed by atoms with Crippen LogP contribution in [0.4, 0.5) is 0 Å². The third-order valence-electron chi connectivity index (χ3n) is 4.18. The van der Waals surface area contributed by atoms with Crippen LogP contribution in [0.15, 0.2) is 53.5 Å². The lowest BCUT2D eigenvalue weighted by molar-refractivity contribution is -0.130. The van der Waals surface area contributed by atoms with Crippen LogP contribution in [-0.2, 0) is 10.3 Å². The van der Waals surface area contributed by atoms with Gasteiger partial charge in [-0.3, -0.25) is 9.69 Å². The van der Waals surface area contributed by atoms with Crippen molar-refractivity contribution >= 4 is 11.9 Å². The molecule has 1 aliphatic heterocycles. The number of rotatable bonds is 2. The summed E-state index contributed by atoms with van der Waals surface area (Å²) in [4.78, 5) is 18.2. The summed E-state index contributed by atoms with van der Waals surface area (Å²) in [7, 11) is 1.65. The molecular formula is C18H19N3O. The molecule has 0 unspecified atom stereocenters. The van der Waals surface area contributed by atoms with E-state index < -0.39 is 5.54 Å². The number of aryl methyl sites for hydroxylation is 1. The molecule has 3 rings (SSSR count). The largest absolute Gasteiger partial charge is 0.369 e. The number of aliphatic imine (C=N–C) groups is 1. The predicted molar refractivity (Wildman–Crippen MR) is 88.4 cm³/mol. The number of amides is 1. The first kappa shape index (κ1) is 14.3. The maximum absolute atomic E-state index is 12.5. The Morgan fingerprint density at radius 2 is 1.73 bits per heavy atom. The number of carbonyl (C=O) groups is 1. The molecule has 1 atom stereocenters. The maximum Gasteiger partial charge on any atom is 0.261 e. The van der Waals surface area contributed by atoms with E-state index in [9.17, 15) is 4.79 Å². The van der Waals surface area contributed by atoms with Crippen LogP contribution in [0.2, 0.25) is 0 Å². The first-order chi connectivity index (χ1) is 10.4. The molecule has 1 amide bonds. The van der Waals surface area contributed by atoms with Crippen molar-refractivity contribution in [2.24, 2.45) is 10.7 Å². The van der Waals surface area contributed by atoms with Gasteiger partial charge in [-0.25, -0.2) is 4.99 Å². The van der Waals surface area contributed by atoms with Crippen LogP contribution >= 0.6 is 0 Å². The van der Waals surface area contributed by atoms with E-state index in [0.717, 1.165) is 16.7 Å². The molecule has 4 nitrogen and oxygen atoms in total. The van der Waals surface area contributed by atoms with Crippen molar-refractivity contribution < 1.29 is 4.79 Å². The standard InChI is InChI=1S/C18H19N3O/c1-12-6-4-7-13(10-12)14-8-5-9-15(11-14)18(2)16(22)21(3)17(19)20-18/h4-11H,1-3H3,(H2,19,20)/t18-/m1/s1. The Kier molecular flexibility index (Phi) is 3.24. The van der Waals surface area contributed by atoms with Gasteiger partial charge in [0.15, 0.2) is 11.5 Å². The van der Waals surface area contributed by atoms with Crippen molar-refractivity contribution in [1.29, 1.82) is 0 Å². The maximum atomic E-state index is 12.5. The normalized spacial score (nSPS) is 21.1. The molecule has 4 heteroatoms. The highest BCUT2D eigenvalue weighted by atomic mass is 16.2. The summed E-state index contributed by atoms with van der Waals surface area (Å²) in [6, 6.07) is 16.2. The molecule has 0 saturated carbocycles. The number of hydrogen-bond donors (Lipinski definition) is 1. The Hall–Kier alpha value is -2.62. The molecule has 0 saturated heterocycles. The highest BCUT2D eigenvalue weighted by molar-refractivity contribution is 6.06. The summed E-state index contributed by atoms with van der Waals surface area (Å²) >= 11 is 0. The molecule has 22 heavy (non-hydrogen) atoms. The number of benzene rings is 2. The molecule has 1 aliphatic rings. The van der Waals surface area contributed by atoms with Crippen LogP contribution in [0.5, 0.6) is 0 Å². The highest BCUT2D eigenvalue weighted by Crippen LogP contribution is 2.34. The van der Waals surface area contributed by atoms with Crippen LogP contribution in [0, 0.1) is 6.92 Å². The van der Waals surface area contributed by atoms with Gasteiger partial charge in [0, 0.05) is 7.05 Å². The van der Waals surface area contributed by atoms with Gasteiger partial charge in [0.2, 0.25) is 0 Å². The zero-order chi connectivity index (χ0) is 15.9. The summed E-state index contributed by atoms with van der Waals surface area (Å²) in [5.74, 6) is 0.153. The number of guanidine groups is 1. The number of hydrogen-bond acceptors (Lipinski definition) is 3. The van der Waals surface area contributed by atoms with E-state index in [1.165, 1.54) is 10.5 Å². The average molecular weight is 293 g/mol. The van der Waals surface area contributed by atoms with Crippen molar-refractivity contribution in [1.82, 2.24) is 4.90 Å². The second kappa shape index (κ2) is 4.98. The zero-order valence-corrected chi connectivity index (χ0v) is 13.0. The fourth-order valence-electron chi connectivity index (χ4n) is 2.80. The van der Waals surface area contributed by atoms with E-state index in [-0.39, 0.29) is 11.9 Å². The third kappa shape index (κ3) is 2.17. The van der Waals surface area contributed by atoms with Gasteiger partial charge < -0.3 is 5.73 Å². The van der Waals surface area contributed by atoms with Crippen LogP contribution < -0.4 is 5.73 Å². The highest BCUT2D eigenvalue weighted by Gasteiger charge is 2.43. The summed E-state index contributed by atoms with van der Waals surface area (Å²) in [6.45, 7) is 3.87. The Balaban J connectivity index is 2.08. The minimum Gasteiger partial charge on any atom is -0.369 e. The van der Waals surface area contributed by atoms with Gasteiger partial charge in [-0.15, -0.1) is 0 Å². The lowest BCUT2D eigenvalue weighted by Crippen LogP contribution is -2.38. The molecule has 2 aromatic rings. The third-order valence-corrected chi connectivity index (χ3v) is 4.18. The number of carbonyl (C=O) groups excluding carboxylic acids is 1. The van der Waals surface area contributed by atoms with Gasteiger partial charge in [-0.05, 0) is 36.6 Å². The van der Waals surface area contributed by atoms with Crippen molar-refractivity contribution in [3.63, 3.8) is 0 Å². The molecular weight excluding hydrogens is 274 g/mol. The smallest absolute Gasteiger partial charge is 0.261 e. The monoisotopic (exact) mass is 293 g/mol. The zero-order valence-electron chi connectivity index (χ0n) is 13.0. The minimum atomic E-state index is -0.946. The molecule has 2 N–H and O–H groups in total. The Morgan fingerprint density at radius 1 is 1.09 bits per heavy atom. The van der Waals surface area contributed by atoms with Crippen LogP contribution in [-0.4, -0.2) is 23.8 Å². The van der Waals surface area contributed by atoms with E-state index in [1.807, 2.05) is 30.3 Å². The molecule has 0 fully saturated rings. The first-order valence-electron chi connectivity index (χ1n) is 7.23. The Morgan fingerprint density at radius 3 is 2.32 bits per heavy atom. The first-order valence-corrected chi connectivity index (χ1v) is 7.23. The molecule has 112 valence electrons. The fraction of sp³-hybridized carbons (Fsp3) is 0.222. The van der Waals surface area contributed by atoms with Crippen molar-refractivity contribution in [2.75, 3.05) is 7.05 Å². The van der Waals surface area contributed by atoms with Crippen LogP contribution in [0.1, 0.15) is 18.1 Å². The van der Waals surface area contributed by atoms with E-state index in [2.05, 4.69) is 30.1 Å². The predicted octanol–water partition coefficient (Wildman–Crippen LogP) is 2.66. The average Bonchev–Trinajstić information content (AvgIpc) is 2.72. The van der Waals surface area contributed by atoms with E-state index in [1.54, 1.807) is 14.0 Å². The SMILES string of the molecule is Cc1cccc(-c2cccc([C@@]3(C)N=C(N)N(C)C3=O)c2)c1. The van der Waals surface area contributed by atoms with Crippen LogP contribution in [0.3, 0.4) is 0 Å². The van der Waals surface area contributed by atoms with Crippen molar-refractivity contribution in [3.8, 4) is 11.1 Å². The summed E-state index contributed by atoms with van der Waals surface area (Å²) in [5.41, 5.74) is 9.11. The topological polar surface area (TPSA) is 58.7 Å². The number of nitrogens with two attached hydrogens (primary N) is 1. The Bertz CT molecular complexity index is 781. The van der Waals surface area contributed by atoms with Gasteiger partial charge in [-0.1, -0.05) is 48.0 Å². The fourth-order valence-corrected chi connectivity index (χ4v) is 2.80. The van der Waals surface area contributed by atoms with Gasteiger partial charge in [0.1, 0.15) is 0 Å². The molecule has 0 aromatic heterocycles. The van der Waals surface area contributed by atoms with E-state index in [4.69, 9.17) is 5.73 Å². The van der Waals surface area contributed by atoms with Gasteiger partial charge in [0.25, 0.3) is 5.91 Å². The van der Waals surface area contributed by atoms with Gasteiger partial charge in [0.05, 0.1) is 0 Å². The summed E-state index contributed by atoms with van der Waals surface area (Å²) < 4.78 is 0. The van der Waals surface area contributed by atoms with Gasteiger partial charge >= 0.3 is 0 Å². The minimum absolute atomic E-state index is 0.105. The second-order valence-electron chi connectivity index (χ2n) is 5.86. The molecule has 0 aliphatic carbocycles. The van der Waals surface area contributed by atoms with Crippen molar-refractivity contribution in [3.05, 3.63) is 59.7 Å². The van der Waals surface area contributed by atoms with E-state index in [0.29, 0.717) is 0 Å². The van der Waals surface area contributed by atoms with Crippen LogP contribution in [0.25, 0.3) is 11.1 Å². The molecule has 0 spiro atoms. The lowest BCUT2D eigenvalue weighted by atomic mass is 9.89. The quantitative estimate of drug-likeness (QED) is 0.925. The molecule has 0 radical (unpaired) electrons. The lowest BCUT2D eigenvalue weighted by Gasteiger charge is -2.21. The summed E-state index contributed by atoms with van der Waals surface area (Å²) in [5, 5.41) is 0. The molecule has 0 bridgehead atoms. The summed E-state index contributed by atoms with van der Waals surface area (Å²) in [6.07, 6.45) is 0. The number of nitrogens with zero attached hydrogens (tertiary/aromatic N) is 2. The number of likely N-dealkylation sites (N-methyl/N-ethyl adjacent to an activating group) is 1. The van der Waals surface area contributed by atoms with E-state index >= 15 is 0 Å². The Labute approximate surface area is 130 Å². The molecule has 2 aromatic carbocycles. The van der Waals surface area contributed by atoms with Crippen molar-refractivity contribution in [2.45, 2.75) is 19.4 Å². The van der Waals surface area contributed by atoms with Gasteiger partial charge in [-0.2, -0.15) is 0 Å².